The normalized spacial score (nSPS) is 12.6. The smallest absolute Gasteiger partial charge is 0.134 e. The van der Waals surface area contributed by atoms with Crippen molar-refractivity contribution >= 4 is 0 Å². The Morgan fingerprint density at radius 1 is 1.21 bits per heavy atom. The highest BCUT2D eigenvalue weighted by atomic mass is 16.5. The lowest BCUT2D eigenvalue weighted by molar-refractivity contribution is 0.187. The molecule has 1 heterocycles. The molecule has 2 aromatic rings. The molecule has 102 valence electrons. The minimum atomic E-state index is -0.386. The van der Waals surface area contributed by atoms with E-state index in [-0.39, 0.29) is 6.10 Å². The zero-order valence-electron chi connectivity index (χ0n) is 11.4. The molecule has 0 saturated heterocycles. The van der Waals surface area contributed by atoms with Crippen LogP contribution in [0.15, 0.2) is 40.8 Å². The predicted octanol–water partition coefficient (Wildman–Crippen LogP) is 3.06. The van der Waals surface area contributed by atoms with Gasteiger partial charge in [0.25, 0.3) is 0 Å². The van der Waals surface area contributed by atoms with Gasteiger partial charge in [-0.1, -0.05) is 24.3 Å². The van der Waals surface area contributed by atoms with E-state index in [1.54, 1.807) is 14.0 Å². The van der Waals surface area contributed by atoms with Crippen LogP contribution < -0.4 is 0 Å². The molecule has 19 heavy (non-hydrogen) atoms. The van der Waals surface area contributed by atoms with Crippen LogP contribution in [0.2, 0.25) is 0 Å². The maximum Gasteiger partial charge on any atom is 0.134 e. The lowest BCUT2D eigenvalue weighted by Crippen LogP contribution is -2.02. The Morgan fingerprint density at radius 2 is 2.00 bits per heavy atom. The third-order valence-corrected chi connectivity index (χ3v) is 3.02. The molecule has 0 aliphatic heterocycles. The second kappa shape index (κ2) is 6.55. The van der Waals surface area contributed by atoms with E-state index in [4.69, 9.17) is 9.15 Å². The standard InChI is InChI=1S/C16H20O3/c1-12(17)11-14-7-8-16(19-14)15-6-4-3-5-13(15)9-10-18-2/h3-8,12,17H,9-11H2,1-2H3. The summed E-state index contributed by atoms with van der Waals surface area (Å²) >= 11 is 0. The molecule has 1 atom stereocenters. The third kappa shape index (κ3) is 3.69. The van der Waals surface area contributed by atoms with E-state index in [1.165, 1.54) is 5.56 Å². The van der Waals surface area contributed by atoms with Crippen molar-refractivity contribution < 1.29 is 14.3 Å². The van der Waals surface area contributed by atoms with Gasteiger partial charge in [0.2, 0.25) is 0 Å². The molecule has 0 saturated carbocycles. The van der Waals surface area contributed by atoms with Crippen molar-refractivity contribution in [2.24, 2.45) is 0 Å². The van der Waals surface area contributed by atoms with Crippen molar-refractivity contribution in [3.63, 3.8) is 0 Å². The van der Waals surface area contributed by atoms with E-state index in [9.17, 15) is 5.11 Å². The highest BCUT2D eigenvalue weighted by molar-refractivity contribution is 5.62. The Labute approximate surface area is 113 Å². The second-order valence-electron chi connectivity index (χ2n) is 4.72. The number of aliphatic hydroxyl groups is 1. The topological polar surface area (TPSA) is 42.6 Å². The van der Waals surface area contributed by atoms with E-state index in [2.05, 4.69) is 12.1 Å². The first kappa shape index (κ1) is 13.8. The van der Waals surface area contributed by atoms with Gasteiger partial charge in [0.05, 0.1) is 12.7 Å². The number of furan rings is 1. The number of hydrogen-bond donors (Lipinski definition) is 1. The zero-order valence-corrected chi connectivity index (χ0v) is 11.4. The van der Waals surface area contributed by atoms with Crippen LogP contribution in [0, 0.1) is 0 Å². The first-order valence-electron chi connectivity index (χ1n) is 6.54. The highest BCUT2D eigenvalue weighted by Gasteiger charge is 2.10. The van der Waals surface area contributed by atoms with Gasteiger partial charge in [-0.05, 0) is 31.0 Å². The Balaban J connectivity index is 2.23. The van der Waals surface area contributed by atoms with Crippen LogP contribution in [-0.4, -0.2) is 24.9 Å². The Hall–Kier alpha value is -1.58. The summed E-state index contributed by atoms with van der Waals surface area (Å²) in [6.07, 6.45) is 1.02. The number of methoxy groups -OCH3 is 1. The van der Waals surface area contributed by atoms with Gasteiger partial charge in [-0.3, -0.25) is 0 Å². The number of rotatable bonds is 6. The molecule has 1 N–H and O–H groups in total. The van der Waals surface area contributed by atoms with Gasteiger partial charge in [0.1, 0.15) is 11.5 Å². The number of benzene rings is 1. The van der Waals surface area contributed by atoms with Gasteiger partial charge in [-0.2, -0.15) is 0 Å². The molecule has 0 fully saturated rings. The van der Waals surface area contributed by atoms with Crippen LogP contribution in [0.1, 0.15) is 18.2 Å². The Bertz CT molecular complexity index is 514. The van der Waals surface area contributed by atoms with Gasteiger partial charge in [0, 0.05) is 19.1 Å². The van der Waals surface area contributed by atoms with Gasteiger partial charge in [0.15, 0.2) is 0 Å². The van der Waals surface area contributed by atoms with Gasteiger partial charge in [-0.15, -0.1) is 0 Å². The lowest BCUT2D eigenvalue weighted by Gasteiger charge is -2.07. The van der Waals surface area contributed by atoms with E-state index in [1.807, 2.05) is 24.3 Å². The van der Waals surface area contributed by atoms with Crippen molar-refractivity contribution in [1.29, 1.82) is 0 Å². The first-order valence-corrected chi connectivity index (χ1v) is 6.54. The van der Waals surface area contributed by atoms with E-state index in [0.717, 1.165) is 23.5 Å². The lowest BCUT2D eigenvalue weighted by atomic mass is 10.0. The van der Waals surface area contributed by atoms with Crippen molar-refractivity contribution in [1.82, 2.24) is 0 Å². The summed E-state index contributed by atoms with van der Waals surface area (Å²) in [4.78, 5) is 0. The maximum absolute atomic E-state index is 9.38. The summed E-state index contributed by atoms with van der Waals surface area (Å²) in [7, 11) is 1.70. The number of ether oxygens (including phenoxy) is 1. The van der Waals surface area contributed by atoms with Crippen LogP contribution in [0.5, 0.6) is 0 Å². The largest absolute Gasteiger partial charge is 0.461 e. The Kier molecular flexibility index (Phi) is 4.77. The minimum absolute atomic E-state index is 0.386. The average Bonchev–Trinajstić information content (AvgIpc) is 2.84. The molecule has 0 spiro atoms. The van der Waals surface area contributed by atoms with E-state index in [0.29, 0.717) is 13.0 Å². The van der Waals surface area contributed by atoms with E-state index < -0.39 is 0 Å². The molecular weight excluding hydrogens is 240 g/mol. The van der Waals surface area contributed by atoms with Crippen molar-refractivity contribution in [2.45, 2.75) is 25.9 Å². The summed E-state index contributed by atoms with van der Waals surface area (Å²) in [5.74, 6) is 1.66. The Morgan fingerprint density at radius 3 is 2.74 bits per heavy atom. The van der Waals surface area contributed by atoms with Crippen LogP contribution in [-0.2, 0) is 17.6 Å². The minimum Gasteiger partial charge on any atom is -0.461 e. The van der Waals surface area contributed by atoms with Gasteiger partial charge < -0.3 is 14.3 Å². The van der Waals surface area contributed by atoms with Crippen molar-refractivity contribution in [3.8, 4) is 11.3 Å². The number of hydrogen-bond acceptors (Lipinski definition) is 3. The fourth-order valence-electron chi connectivity index (χ4n) is 2.11. The SMILES string of the molecule is COCCc1ccccc1-c1ccc(CC(C)O)o1. The summed E-state index contributed by atoms with van der Waals surface area (Å²) in [5, 5.41) is 9.38. The van der Waals surface area contributed by atoms with Gasteiger partial charge >= 0.3 is 0 Å². The highest BCUT2D eigenvalue weighted by Crippen LogP contribution is 2.26. The first-order chi connectivity index (χ1) is 9.20. The summed E-state index contributed by atoms with van der Waals surface area (Å²) in [6, 6.07) is 12.1. The summed E-state index contributed by atoms with van der Waals surface area (Å²) < 4.78 is 10.9. The molecule has 2 rings (SSSR count). The molecule has 0 bridgehead atoms. The summed E-state index contributed by atoms with van der Waals surface area (Å²) in [6.45, 7) is 2.45. The second-order valence-corrected chi connectivity index (χ2v) is 4.72. The van der Waals surface area contributed by atoms with Crippen LogP contribution >= 0.6 is 0 Å². The molecule has 1 unspecified atom stereocenters. The predicted molar refractivity (Wildman–Crippen MR) is 75.1 cm³/mol. The van der Waals surface area contributed by atoms with Crippen LogP contribution in [0.3, 0.4) is 0 Å². The van der Waals surface area contributed by atoms with Crippen LogP contribution in [0.4, 0.5) is 0 Å². The molecule has 1 aromatic heterocycles. The van der Waals surface area contributed by atoms with Crippen molar-refractivity contribution in [2.75, 3.05) is 13.7 Å². The molecule has 0 aliphatic carbocycles. The summed E-state index contributed by atoms with van der Waals surface area (Å²) in [5.41, 5.74) is 2.30. The molecule has 0 radical (unpaired) electrons. The monoisotopic (exact) mass is 260 g/mol. The van der Waals surface area contributed by atoms with E-state index >= 15 is 0 Å². The molecule has 1 aromatic carbocycles. The third-order valence-electron chi connectivity index (χ3n) is 3.02. The molecule has 3 heteroatoms. The molecule has 3 nitrogen and oxygen atoms in total. The average molecular weight is 260 g/mol. The molecule has 0 amide bonds. The zero-order chi connectivity index (χ0) is 13.7. The quantitative estimate of drug-likeness (QED) is 0.868. The van der Waals surface area contributed by atoms with Crippen molar-refractivity contribution in [3.05, 3.63) is 47.7 Å². The van der Waals surface area contributed by atoms with Crippen LogP contribution in [0.25, 0.3) is 11.3 Å². The van der Waals surface area contributed by atoms with Gasteiger partial charge in [-0.25, -0.2) is 0 Å². The number of aliphatic hydroxyl groups excluding tert-OH is 1. The molecular formula is C16H20O3. The molecule has 0 aliphatic rings. The fourth-order valence-corrected chi connectivity index (χ4v) is 2.11. The maximum atomic E-state index is 9.38. The fraction of sp³-hybridized carbons (Fsp3) is 0.375.